The van der Waals surface area contributed by atoms with Crippen molar-refractivity contribution in [2.24, 2.45) is 0 Å². The van der Waals surface area contributed by atoms with Crippen LogP contribution in [0.3, 0.4) is 0 Å². The monoisotopic (exact) mass is 260 g/mol. The van der Waals surface area contributed by atoms with Gasteiger partial charge in [0.25, 0.3) is 5.69 Å². The van der Waals surface area contributed by atoms with Gasteiger partial charge in [-0.3, -0.25) is 15.2 Å². The van der Waals surface area contributed by atoms with Crippen LogP contribution >= 0.6 is 0 Å². The Labute approximate surface area is 111 Å². The third-order valence-corrected chi connectivity index (χ3v) is 3.08. The maximum atomic E-state index is 10.6. The fourth-order valence-electron chi connectivity index (χ4n) is 1.80. The van der Waals surface area contributed by atoms with Crippen LogP contribution < -0.4 is 5.32 Å². The summed E-state index contributed by atoms with van der Waals surface area (Å²) in [5.41, 5.74) is 1.82. The van der Waals surface area contributed by atoms with Gasteiger partial charge in [0, 0.05) is 36.1 Å². The molecule has 0 aliphatic heterocycles. The SMILES string of the molecule is CC(C)(NCc1ccn[nH]1)c1ccc([N+](=O)[O-])cc1. The van der Waals surface area contributed by atoms with Gasteiger partial charge >= 0.3 is 0 Å². The van der Waals surface area contributed by atoms with Crippen molar-refractivity contribution in [2.75, 3.05) is 0 Å². The van der Waals surface area contributed by atoms with E-state index in [-0.39, 0.29) is 11.2 Å². The molecule has 0 amide bonds. The molecule has 0 fully saturated rings. The zero-order chi connectivity index (χ0) is 13.9. The van der Waals surface area contributed by atoms with Gasteiger partial charge < -0.3 is 5.32 Å². The van der Waals surface area contributed by atoms with Gasteiger partial charge in [-0.15, -0.1) is 0 Å². The van der Waals surface area contributed by atoms with Gasteiger partial charge in [-0.2, -0.15) is 5.10 Å². The molecule has 6 heteroatoms. The van der Waals surface area contributed by atoms with E-state index in [0.717, 1.165) is 11.3 Å². The maximum absolute atomic E-state index is 10.6. The van der Waals surface area contributed by atoms with Gasteiger partial charge in [-0.05, 0) is 25.5 Å². The molecule has 0 saturated carbocycles. The van der Waals surface area contributed by atoms with Crippen molar-refractivity contribution >= 4 is 5.69 Å². The lowest BCUT2D eigenvalue weighted by Gasteiger charge is -2.26. The summed E-state index contributed by atoms with van der Waals surface area (Å²) in [5.74, 6) is 0. The molecule has 0 bridgehead atoms. The van der Waals surface area contributed by atoms with Crippen LogP contribution in [0.25, 0.3) is 0 Å². The molecule has 1 aromatic heterocycles. The zero-order valence-electron chi connectivity index (χ0n) is 10.9. The topological polar surface area (TPSA) is 83.8 Å². The van der Waals surface area contributed by atoms with E-state index in [2.05, 4.69) is 15.5 Å². The van der Waals surface area contributed by atoms with Gasteiger partial charge in [-0.25, -0.2) is 0 Å². The second kappa shape index (κ2) is 5.19. The predicted molar refractivity (Wildman–Crippen MR) is 71.5 cm³/mol. The fraction of sp³-hybridized carbons (Fsp3) is 0.308. The molecule has 2 aromatic rings. The van der Waals surface area contributed by atoms with Crippen LogP contribution in [0.4, 0.5) is 5.69 Å². The molecule has 0 spiro atoms. The molecule has 6 nitrogen and oxygen atoms in total. The molecule has 2 rings (SSSR count). The Balaban J connectivity index is 2.07. The highest BCUT2D eigenvalue weighted by Crippen LogP contribution is 2.23. The van der Waals surface area contributed by atoms with E-state index in [0.29, 0.717) is 6.54 Å². The average molecular weight is 260 g/mol. The maximum Gasteiger partial charge on any atom is 0.269 e. The number of nitrogens with one attached hydrogen (secondary N) is 2. The summed E-state index contributed by atoms with van der Waals surface area (Å²) in [6, 6.07) is 8.50. The number of nitro benzene ring substituents is 1. The molecule has 19 heavy (non-hydrogen) atoms. The van der Waals surface area contributed by atoms with Crippen molar-refractivity contribution in [1.29, 1.82) is 0 Å². The number of aromatic amines is 1. The van der Waals surface area contributed by atoms with E-state index in [1.807, 2.05) is 19.9 Å². The smallest absolute Gasteiger partial charge is 0.269 e. The summed E-state index contributed by atoms with van der Waals surface area (Å²) in [6.07, 6.45) is 1.70. The first kappa shape index (κ1) is 13.2. The standard InChI is InChI=1S/C13H16N4O2/c1-13(2,14-9-11-7-8-15-16-11)10-3-5-12(6-4-10)17(18)19/h3-8,14H,9H2,1-2H3,(H,15,16). The number of aromatic nitrogens is 2. The zero-order valence-corrected chi connectivity index (χ0v) is 10.9. The van der Waals surface area contributed by atoms with Gasteiger partial charge in [-0.1, -0.05) is 12.1 Å². The summed E-state index contributed by atoms with van der Waals surface area (Å²) in [7, 11) is 0. The van der Waals surface area contributed by atoms with Crippen LogP contribution in [0.1, 0.15) is 25.1 Å². The van der Waals surface area contributed by atoms with Crippen LogP contribution in [0.15, 0.2) is 36.5 Å². The van der Waals surface area contributed by atoms with Crippen LogP contribution in [-0.2, 0) is 12.1 Å². The average Bonchev–Trinajstić information content (AvgIpc) is 2.90. The summed E-state index contributed by atoms with van der Waals surface area (Å²) < 4.78 is 0. The Bertz CT molecular complexity index is 547. The molecule has 0 atom stereocenters. The van der Waals surface area contributed by atoms with Gasteiger partial charge in [0.15, 0.2) is 0 Å². The third-order valence-electron chi connectivity index (χ3n) is 3.08. The first-order valence-electron chi connectivity index (χ1n) is 5.97. The fourth-order valence-corrected chi connectivity index (χ4v) is 1.80. The van der Waals surface area contributed by atoms with Crippen molar-refractivity contribution in [3.05, 3.63) is 57.9 Å². The van der Waals surface area contributed by atoms with E-state index in [4.69, 9.17) is 0 Å². The van der Waals surface area contributed by atoms with Crippen molar-refractivity contribution in [1.82, 2.24) is 15.5 Å². The van der Waals surface area contributed by atoms with Crippen LogP contribution in [0.5, 0.6) is 0 Å². The summed E-state index contributed by atoms with van der Waals surface area (Å²) >= 11 is 0. The molecule has 1 aromatic carbocycles. The minimum atomic E-state index is -0.394. The molecule has 2 N–H and O–H groups in total. The van der Waals surface area contributed by atoms with Gasteiger partial charge in [0.05, 0.1) is 4.92 Å². The number of nitro groups is 1. The summed E-state index contributed by atoms with van der Waals surface area (Å²) in [6.45, 7) is 4.72. The molecule has 0 radical (unpaired) electrons. The van der Waals surface area contributed by atoms with Crippen molar-refractivity contribution in [3.63, 3.8) is 0 Å². The second-order valence-electron chi connectivity index (χ2n) is 4.86. The lowest BCUT2D eigenvalue weighted by Crippen LogP contribution is -2.36. The molecule has 0 saturated heterocycles. The number of hydrogen-bond acceptors (Lipinski definition) is 4. The molecule has 0 aliphatic carbocycles. The van der Waals surface area contributed by atoms with Crippen molar-refractivity contribution in [3.8, 4) is 0 Å². The van der Waals surface area contributed by atoms with E-state index in [1.54, 1.807) is 18.3 Å². The molecule has 100 valence electrons. The van der Waals surface area contributed by atoms with Gasteiger partial charge in [0.2, 0.25) is 0 Å². The first-order valence-corrected chi connectivity index (χ1v) is 5.97. The number of H-pyrrole nitrogens is 1. The Kier molecular flexibility index (Phi) is 3.62. The Morgan fingerprint density at radius 1 is 1.32 bits per heavy atom. The second-order valence-corrected chi connectivity index (χ2v) is 4.86. The lowest BCUT2D eigenvalue weighted by molar-refractivity contribution is -0.384. The molecular weight excluding hydrogens is 244 g/mol. The Hall–Kier alpha value is -2.21. The highest BCUT2D eigenvalue weighted by atomic mass is 16.6. The van der Waals surface area contributed by atoms with Crippen molar-refractivity contribution < 1.29 is 4.92 Å². The number of nitrogens with zero attached hydrogens (tertiary/aromatic N) is 2. The molecule has 0 aliphatic rings. The van der Waals surface area contributed by atoms with Crippen molar-refractivity contribution in [2.45, 2.75) is 25.9 Å². The number of rotatable bonds is 5. The normalized spacial score (nSPS) is 11.5. The molecule has 0 unspecified atom stereocenters. The highest BCUT2D eigenvalue weighted by molar-refractivity contribution is 5.35. The quantitative estimate of drug-likeness (QED) is 0.638. The Morgan fingerprint density at radius 2 is 2.00 bits per heavy atom. The van der Waals surface area contributed by atoms with E-state index < -0.39 is 4.92 Å². The summed E-state index contributed by atoms with van der Waals surface area (Å²) in [5, 5.41) is 20.8. The van der Waals surface area contributed by atoms with Gasteiger partial charge in [0.1, 0.15) is 0 Å². The molecular formula is C13H16N4O2. The molecule has 1 heterocycles. The first-order chi connectivity index (χ1) is 8.99. The number of benzene rings is 1. The third kappa shape index (κ3) is 3.17. The van der Waals surface area contributed by atoms with E-state index in [1.165, 1.54) is 12.1 Å². The largest absolute Gasteiger partial charge is 0.302 e. The minimum absolute atomic E-state index is 0.105. The lowest BCUT2D eigenvalue weighted by atomic mass is 9.94. The number of hydrogen-bond donors (Lipinski definition) is 2. The Morgan fingerprint density at radius 3 is 2.53 bits per heavy atom. The van der Waals surface area contributed by atoms with E-state index in [9.17, 15) is 10.1 Å². The van der Waals surface area contributed by atoms with E-state index >= 15 is 0 Å². The highest BCUT2D eigenvalue weighted by Gasteiger charge is 2.20. The van der Waals surface area contributed by atoms with Crippen LogP contribution in [0.2, 0.25) is 0 Å². The number of non-ortho nitro benzene ring substituents is 1. The van der Waals surface area contributed by atoms with Crippen LogP contribution in [-0.4, -0.2) is 15.1 Å². The van der Waals surface area contributed by atoms with Crippen LogP contribution in [0, 0.1) is 10.1 Å². The minimum Gasteiger partial charge on any atom is -0.302 e. The summed E-state index contributed by atoms with van der Waals surface area (Å²) in [4.78, 5) is 10.2. The predicted octanol–water partition coefficient (Wildman–Crippen LogP) is 2.34.